The van der Waals surface area contributed by atoms with E-state index in [2.05, 4.69) is 33.8 Å². The molecule has 2 N–H and O–H groups in total. The van der Waals surface area contributed by atoms with Crippen LogP contribution < -0.4 is 10.6 Å². The number of guanidine groups is 1. The molecule has 0 fully saturated rings. The van der Waals surface area contributed by atoms with Gasteiger partial charge in [-0.05, 0) is 29.7 Å². The van der Waals surface area contributed by atoms with Crippen LogP contribution in [0.25, 0.3) is 0 Å². The lowest BCUT2D eigenvalue weighted by Crippen LogP contribution is -2.46. The molecule has 6 heteroatoms. The first-order valence-electron chi connectivity index (χ1n) is 8.57. The Labute approximate surface area is 147 Å². The molecule has 6 nitrogen and oxygen atoms in total. The number of aliphatic imine (C=N–C) groups is 1. The van der Waals surface area contributed by atoms with Gasteiger partial charge in [-0.15, -0.1) is 0 Å². The molecule has 0 aliphatic carbocycles. The average Bonchev–Trinajstić information content (AvgIpc) is 3.17. The number of carbonyl (C=O) groups excluding carboxylic acids is 1. The van der Waals surface area contributed by atoms with Crippen molar-refractivity contribution in [2.24, 2.45) is 4.99 Å². The van der Waals surface area contributed by atoms with Gasteiger partial charge in [0.1, 0.15) is 5.76 Å². The Morgan fingerprint density at radius 1 is 1.20 bits per heavy atom. The Hall–Kier alpha value is -2.76. The average molecular weight is 340 g/mol. The zero-order valence-corrected chi connectivity index (χ0v) is 14.5. The van der Waals surface area contributed by atoms with Crippen molar-refractivity contribution >= 4 is 11.9 Å². The zero-order valence-electron chi connectivity index (χ0n) is 14.5. The van der Waals surface area contributed by atoms with Crippen LogP contribution >= 0.6 is 0 Å². The molecule has 0 bridgehead atoms. The first-order chi connectivity index (χ1) is 12.3. The van der Waals surface area contributed by atoms with Crippen LogP contribution in [0.3, 0.4) is 0 Å². The lowest BCUT2D eigenvalue weighted by atomic mass is 10.00. The summed E-state index contributed by atoms with van der Waals surface area (Å²) in [6.07, 6.45) is 3.35. The van der Waals surface area contributed by atoms with Crippen LogP contribution in [-0.4, -0.2) is 43.4 Å². The van der Waals surface area contributed by atoms with Crippen LogP contribution in [-0.2, 0) is 24.2 Å². The molecule has 1 aromatic carbocycles. The summed E-state index contributed by atoms with van der Waals surface area (Å²) >= 11 is 0. The second kappa shape index (κ2) is 8.37. The van der Waals surface area contributed by atoms with Crippen LogP contribution in [0.1, 0.15) is 16.9 Å². The Morgan fingerprint density at radius 2 is 2.04 bits per heavy atom. The van der Waals surface area contributed by atoms with Gasteiger partial charge in [0, 0.05) is 33.1 Å². The van der Waals surface area contributed by atoms with Crippen molar-refractivity contribution in [3.63, 3.8) is 0 Å². The summed E-state index contributed by atoms with van der Waals surface area (Å²) in [6, 6.07) is 12.1. The van der Waals surface area contributed by atoms with Gasteiger partial charge in [-0.1, -0.05) is 24.3 Å². The maximum atomic E-state index is 12.5. The fraction of sp³-hybridized carbons (Fsp3) is 0.368. The molecule has 132 valence electrons. The highest BCUT2D eigenvalue weighted by Crippen LogP contribution is 2.18. The third-order valence-corrected chi connectivity index (χ3v) is 4.36. The van der Waals surface area contributed by atoms with E-state index in [1.807, 2.05) is 23.1 Å². The topological polar surface area (TPSA) is 69.9 Å². The van der Waals surface area contributed by atoms with Gasteiger partial charge < -0.3 is 20.0 Å². The number of hydrogen-bond donors (Lipinski definition) is 2. The summed E-state index contributed by atoms with van der Waals surface area (Å²) in [5, 5.41) is 6.28. The molecule has 0 saturated carbocycles. The van der Waals surface area contributed by atoms with Crippen LogP contribution in [0.5, 0.6) is 0 Å². The van der Waals surface area contributed by atoms with Gasteiger partial charge in [0.2, 0.25) is 5.91 Å². The number of benzene rings is 1. The highest BCUT2D eigenvalue weighted by molar-refractivity contribution is 5.86. The van der Waals surface area contributed by atoms with E-state index in [4.69, 9.17) is 4.42 Å². The van der Waals surface area contributed by atoms with Gasteiger partial charge in [-0.3, -0.25) is 9.79 Å². The van der Waals surface area contributed by atoms with Crippen molar-refractivity contribution < 1.29 is 9.21 Å². The highest BCUT2D eigenvalue weighted by Gasteiger charge is 2.20. The van der Waals surface area contributed by atoms with E-state index in [1.54, 1.807) is 13.3 Å². The number of carbonyl (C=O) groups is 1. The number of nitrogens with one attached hydrogen (secondary N) is 2. The van der Waals surface area contributed by atoms with Crippen molar-refractivity contribution in [2.75, 3.05) is 26.7 Å². The van der Waals surface area contributed by atoms with Crippen LogP contribution in [0.15, 0.2) is 52.1 Å². The second-order valence-electron chi connectivity index (χ2n) is 6.02. The monoisotopic (exact) mass is 340 g/mol. The van der Waals surface area contributed by atoms with Crippen molar-refractivity contribution in [3.05, 3.63) is 59.5 Å². The lowest BCUT2D eigenvalue weighted by Gasteiger charge is -2.29. The first kappa shape index (κ1) is 17.1. The summed E-state index contributed by atoms with van der Waals surface area (Å²) < 4.78 is 5.29. The van der Waals surface area contributed by atoms with Crippen molar-refractivity contribution in [1.29, 1.82) is 0 Å². The minimum absolute atomic E-state index is 0.0866. The molecule has 25 heavy (non-hydrogen) atoms. The second-order valence-corrected chi connectivity index (χ2v) is 6.02. The predicted molar refractivity (Wildman–Crippen MR) is 97.3 cm³/mol. The molecule has 0 unspecified atom stereocenters. The molecule has 2 aromatic rings. The van der Waals surface area contributed by atoms with E-state index >= 15 is 0 Å². The van der Waals surface area contributed by atoms with Crippen molar-refractivity contribution in [3.8, 4) is 0 Å². The molecule has 1 aromatic heterocycles. The Bertz CT molecular complexity index is 725. The Morgan fingerprint density at radius 3 is 2.80 bits per heavy atom. The van der Waals surface area contributed by atoms with Gasteiger partial charge >= 0.3 is 0 Å². The number of fused-ring (bicyclic) bond motifs is 1. The van der Waals surface area contributed by atoms with Gasteiger partial charge in [0.15, 0.2) is 5.96 Å². The van der Waals surface area contributed by atoms with Gasteiger partial charge in [0.05, 0.1) is 12.8 Å². The summed E-state index contributed by atoms with van der Waals surface area (Å²) in [4.78, 5) is 18.5. The van der Waals surface area contributed by atoms with Gasteiger partial charge in [-0.2, -0.15) is 0 Å². The van der Waals surface area contributed by atoms with E-state index in [0.29, 0.717) is 19.0 Å². The lowest BCUT2D eigenvalue weighted by molar-refractivity contribution is -0.130. The zero-order chi connectivity index (χ0) is 17.5. The predicted octanol–water partition coefficient (Wildman–Crippen LogP) is 1.57. The third kappa shape index (κ3) is 4.62. The normalized spacial score (nSPS) is 14.1. The Kier molecular flexibility index (Phi) is 5.72. The van der Waals surface area contributed by atoms with Gasteiger partial charge in [-0.25, -0.2) is 0 Å². The molecular formula is C19H24N4O2. The summed E-state index contributed by atoms with van der Waals surface area (Å²) in [7, 11) is 1.70. The van der Waals surface area contributed by atoms with E-state index < -0.39 is 0 Å². The Balaban J connectivity index is 1.43. The van der Waals surface area contributed by atoms with E-state index in [0.717, 1.165) is 25.1 Å². The maximum absolute atomic E-state index is 12.5. The molecule has 0 spiro atoms. The number of hydrogen-bond acceptors (Lipinski definition) is 3. The third-order valence-electron chi connectivity index (χ3n) is 4.36. The first-order valence-corrected chi connectivity index (χ1v) is 8.57. The maximum Gasteiger partial charge on any atom is 0.242 e. The molecule has 3 rings (SSSR count). The number of amides is 1. The number of nitrogens with zero attached hydrogens (tertiary/aromatic N) is 2. The number of rotatable bonds is 5. The summed E-state index contributed by atoms with van der Waals surface area (Å²) in [6.45, 7) is 2.38. The van der Waals surface area contributed by atoms with Crippen LogP contribution in [0.4, 0.5) is 0 Å². The smallest absolute Gasteiger partial charge is 0.242 e. The molecule has 1 amide bonds. The van der Waals surface area contributed by atoms with E-state index in [-0.39, 0.29) is 12.5 Å². The van der Waals surface area contributed by atoms with E-state index in [1.165, 1.54) is 11.1 Å². The van der Waals surface area contributed by atoms with Gasteiger partial charge in [0.25, 0.3) is 0 Å². The summed E-state index contributed by atoms with van der Waals surface area (Å²) in [5.41, 5.74) is 2.58. The van der Waals surface area contributed by atoms with Crippen molar-refractivity contribution in [2.45, 2.75) is 19.4 Å². The fourth-order valence-corrected chi connectivity index (χ4v) is 2.96. The molecule has 0 saturated heterocycles. The minimum Gasteiger partial charge on any atom is -0.469 e. The molecule has 0 radical (unpaired) electrons. The highest BCUT2D eigenvalue weighted by atomic mass is 16.3. The molecule has 1 aliphatic heterocycles. The quantitative estimate of drug-likeness (QED) is 0.640. The van der Waals surface area contributed by atoms with Crippen LogP contribution in [0, 0.1) is 0 Å². The van der Waals surface area contributed by atoms with E-state index in [9.17, 15) is 4.79 Å². The SMILES string of the molecule is CN=C(NCCc1ccco1)NCC(=O)N1CCc2ccccc2C1. The number of furan rings is 1. The molecule has 0 atom stereocenters. The van der Waals surface area contributed by atoms with Crippen molar-refractivity contribution in [1.82, 2.24) is 15.5 Å². The minimum atomic E-state index is 0.0866. The largest absolute Gasteiger partial charge is 0.469 e. The standard InChI is InChI=1S/C19H24N4O2/c1-20-19(21-10-8-17-7-4-12-25-17)22-13-18(24)23-11-9-15-5-2-3-6-16(15)14-23/h2-7,12H,8-11,13-14H2,1H3,(H2,20,21,22). The molecule has 2 heterocycles. The molecular weight excluding hydrogens is 316 g/mol. The molecule has 1 aliphatic rings. The fourth-order valence-electron chi connectivity index (χ4n) is 2.96. The van der Waals surface area contributed by atoms with Crippen LogP contribution in [0.2, 0.25) is 0 Å². The summed E-state index contributed by atoms with van der Waals surface area (Å²) in [5.74, 6) is 1.63.